The molecule has 1 saturated carbocycles. The van der Waals surface area contributed by atoms with Crippen LogP contribution in [0.1, 0.15) is 33.1 Å². The molecule has 3 nitrogen and oxygen atoms in total. The Balaban J connectivity index is 1.74. The van der Waals surface area contributed by atoms with Crippen LogP contribution < -0.4 is 10.1 Å². The van der Waals surface area contributed by atoms with Crippen molar-refractivity contribution < 1.29 is 9.53 Å². The topological polar surface area (TPSA) is 38.3 Å². The fourth-order valence-electron chi connectivity index (χ4n) is 2.65. The Labute approximate surface area is 125 Å². The second kappa shape index (κ2) is 6.53. The van der Waals surface area contributed by atoms with Gasteiger partial charge in [-0.1, -0.05) is 13.8 Å². The quantitative estimate of drug-likeness (QED) is 0.845. The average Bonchev–Trinajstić information content (AvgIpc) is 2.76. The van der Waals surface area contributed by atoms with Crippen LogP contribution in [0.3, 0.4) is 0 Å². The zero-order valence-electron chi connectivity index (χ0n) is 12.4. The molecule has 1 unspecified atom stereocenters. The maximum atomic E-state index is 11.9. The lowest BCUT2D eigenvalue weighted by atomic mass is 9.92. The zero-order valence-corrected chi connectivity index (χ0v) is 13.3. The van der Waals surface area contributed by atoms with Gasteiger partial charge in [0.25, 0.3) is 0 Å². The normalized spacial score (nSPS) is 20.6. The molecule has 1 atom stereocenters. The number of hydrogen-bond acceptors (Lipinski definition) is 3. The van der Waals surface area contributed by atoms with E-state index in [0.717, 1.165) is 23.5 Å². The highest BCUT2D eigenvalue weighted by Crippen LogP contribution is 2.36. The van der Waals surface area contributed by atoms with Gasteiger partial charge in [-0.05, 0) is 48.9 Å². The van der Waals surface area contributed by atoms with E-state index in [0.29, 0.717) is 17.2 Å². The Hall–Kier alpha value is -1.16. The van der Waals surface area contributed by atoms with Crippen LogP contribution in [0.25, 0.3) is 0 Å². The number of nitrogens with one attached hydrogen (secondary N) is 1. The molecule has 1 amide bonds. The molecule has 0 aromatic heterocycles. The smallest absolute Gasteiger partial charge is 0.230 e. The Kier molecular flexibility index (Phi) is 4.97. The highest BCUT2D eigenvalue weighted by atomic mass is 32.2. The molecule has 20 heavy (non-hydrogen) atoms. The second-order valence-electron chi connectivity index (χ2n) is 6.14. The van der Waals surface area contributed by atoms with Crippen molar-refractivity contribution in [2.75, 3.05) is 12.9 Å². The highest BCUT2D eigenvalue weighted by molar-refractivity contribution is 8.00. The van der Waals surface area contributed by atoms with Gasteiger partial charge in [-0.2, -0.15) is 0 Å². The summed E-state index contributed by atoms with van der Waals surface area (Å²) in [6.07, 6.45) is 3.39. The van der Waals surface area contributed by atoms with E-state index in [9.17, 15) is 4.79 Å². The number of benzene rings is 1. The van der Waals surface area contributed by atoms with Crippen LogP contribution in [-0.4, -0.2) is 24.8 Å². The van der Waals surface area contributed by atoms with Gasteiger partial charge in [0.15, 0.2) is 0 Å². The van der Waals surface area contributed by atoms with E-state index in [-0.39, 0.29) is 5.91 Å². The minimum absolute atomic E-state index is 0.133. The van der Waals surface area contributed by atoms with Crippen LogP contribution in [0.2, 0.25) is 0 Å². The molecule has 4 heteroatoms. The van der Waals surface area contributed by atoms with Crippen LogP contribution >= 0.6 is 11.8 Å². The third-order valence-corrected chi connectivity index (χ3v) is 4.78. The van der Waals surface area contributed by atoms with Crippen LogP contribution in [0, 0.1) is 5.41 Å². The summed E-state index contributed by atoms with van der Waals surface area (Å²) >= 11 is 1.56. The largest absolute Gasteiger partial charge is 0.497 e. The van der Waals surface area contributed by atoms with Crippen LogP contribution in [0.5, 0.6) is 5.75 Å². The maximum absolute atomic E-state index is 11.9. The molecule has 110 valence electrons. The number of ether oxygens (including phenoxy) is 1. The van der Waals surface area contributed by atoms with E-state index in [4.69, 9.17) is 4.74 Å². The predicted octanol–water partition coefficient (Wildman–Crippen LogP) is 3.48. The van der Waals surface area contributed by atoms with Gasteiger partial charge >= 0.3 is 0 Å². The molecule has 1 fully saturated rings. The van der Waals surface area contributed by atoms with E-state index < -0.39 is 0 Å². The van der Waals surface area contributed by atoms with Crippen molar-refractivity contribution in [1.29, 1.82) is 0 Å². The molecule has 0 aliphatic heterocycles. The summed E-state index contributed by atoms with van der Waals surface area (Å²) in [5, 5.41) is 3.14. The minimum Gasteiger partial charge on any atom is -0.497 e. The number of amides is 1. The lowest BCUT2D eigenvalue weighted by Gasteiger charge is -2.17. The van der Waals surface area contributed by atoms with E-state index in [1.165, 1.54) is 6.42 Å². The van der Waals surface area contributed by atoms with Gasteiger partial charge in [0.05, 0.1) is 12.9 Å². The van der Waals surface area contributed by atoms with E-state index in [1.807, 2.05) is 24.3 Å². The molecule has 0 spiro atoms. The molecule has 1 aromatic rings. The fourth-order valence-corrected chi connectivity index (χ4v) is 3.36. The summed E-state index contributed by atoms with van der Waals surface area (Å²) in [5.74, 6) is 1.45. The van der Waals surface area contributed by atoms with Crippen molar-refractivity contribution in [2.45, 2.75) is 44.0 Å². The number of thioether (sulfide) groups is 1. The second-order valence-corrected chi connectivity index (χ2v) is 7.18. The number of carbonyl (C=O) groups excluding carboxylic acids is 1. The third-order valence-electron chi connectivity index (χ3n) is 3.76. The monoisotopic (exact) mass is 293 g/mol. The van der Waals surface area contributed by atoms with Gasteiger partial charge in [0.2, 0.25) is 5.91 Å². The summed E-state index contributed by atoms with van der Waals surface area (Å²) in [6.45, 7) is 4.54. The Morgan fingerprint density at radius 1 is 1.40 bits per heavy atom. The van der Waals surface area contributed by atoms with Gasteiger partial charge in [0, 0.05) is 10.9 Å². The van der Waals surface area contributed by atoms with E-state index in [2.05, 4.69) is 19.2 Å². The summed E-state index contributed by atoms with van der Waals surface area (Å²) in [4.78, 5) is 13.0. The summed E-state index contributed by atoms with van der Waals surface area (Å²) < 4.78 is 5.11. The van der Waals surface area contributed by atoms with Gasteiger partial charge in [-0.15, -0.1) is 11.8 Å². The number of carbonyl (C=O) groups is 1. The van der Waals surface area contributed by atoms with Gasteiger partial charge < -0.3 is 10.1 Å². The van der Waals surface area contributed by atoms with Crippen LogP contribution in [0.4, 0.5) is 0 Å². The summed E-state index contributed by atoms with van der Waals surface area (Å²) in [5.41, 5.74) is 0.376. The molecule has 1 aliphatic rings. The van der Waals surface area contributed by atoms with Crippen molar-refractivity contribution in [3.8, 4) is 5.75 Å². The summed E-state index contributed by atoms with van der Waals surface area (Å²) in [6, 6.07) is 8.15. The minimum atomic E-state index is 0.133. The SMILES string of the molecule is COc1ccc(SCC(=O)NC2CCC(C)(C)C2)cc1. The molecule has 0 heterocycles. The first-order valence-corrected chi connectivity index (χ1v) is 8.03. The molecule has 1 N–H and O–H groups in total. The Morgan fingerprint density at radius 3 is 2.65 bits per heavy atom. The first-order valence-electron chi connectivity index (χ1n) is 7.05. The van der Waals surface area contributed by atoms with Gasteiger partial charge in [-0.3, -0.25) is 4.79 Å². The molecule has 0 bridgehead atoms. The first kappa shape index (κ1) is 15.2. The Morgan fingerprint density at radius 2 is 2.10 bits per heavy atom. The van der Waals surface area contributed by atoms with Crippen LogP contribution in [0.15, 0.2) is 29.2 Å². The first-order chi connectivity index (χ1) is 9.48. The van der Waals surface area contributed by atoms with Gasteiger partial charge in [-0.25, -0.2) is 0 Å². The average molecular weight is 293 g/mol. The maximum Gasteiger partial charge on any atom is 0.230 e. The van der Waals surface area contributed by atoms with Crippen molar-refractivity contribution >= 4 is 17.7 Å². The number of hydrogen-bond donors (Lipinski definition) is 1. The molecule has 1 aromatic carbocycles. The zero-order chi connectivity index (χ0) is 14.6. The lowest BCUT2D eigenvalue weighted by Crippen LogP contribution is -2.34. The third kappa shape index (κ3) is 4.44. The lowest BCUT2D eigenvalue weighted by molar-refractivity contribution is -0.119. The van der Waals surface area contributed by atoms with Gasteiger partial charge in [0.1, 0.15) is 5.75 Å². The van der Waals surface area contributed by atoms with Crippen molar-refractivity contribution in [2.24, 2.45) is 5.41 Å². The van der Waals surface area contributed by atoms with Crippen molar-refractivity contribution in [1.82, 2.24) is 5.32 Å². The summed E-state index contributed by atoms with van der Waals surface area (Å²) in [7, 11) is 1.65. The molecule has 2 rings (SSSR count). The molecule has 1 aliphatic carbocycles. The molecular weight excluding hydrogens is 270 g/mol. The van der Waals surface area contributed by atoms with Crippen molar-refractivity contribution in [3.63, 3.8) is 0 Å². The Bertz CT molecular complexity index is 456. The molecular formula is C16H23NO2S. The van der Waals surface area contributed by atoms with Crippen molar-refractivity contribution in [3.05, 3.63) is 24.3 Å². The van der Waals surface area contributed by atoms with E-state index >= 15 is 0 Å². The predicted molar refractivity (Wildman–Crippen MR) is 83.3 cm³/mol. The van der Waals surface area contributed by atoms with Crippen LogP contribution in [-0.2, 0) is 4.79 Å². The molecule has 0 saturated heterocycles. The fraction of sp³-hybridized carbons (Fsp3) is 0.562. The highest BCUT2D eigenvalue weighted by Gasteiger charge is 2.31. The standard InChI is InChI=1S/C16H23NO2S/c1-16(2)9-8-12(10-16)17-15(18)11-20-14-6-4-13(19-3)5-7-14/h4-7,12H,8-11H2,1-3H3,(H,17,18). The van der Waals surface area contributed by atoms with E-state index in [1.54, 1.807) is 18.9 Å². The molecule has 0 radical (unpaired) electrons. The number of methoxy groups -OCH3 is 1. The number of rotatable bonds is 5.